The Kier molecular flexibility index (Phi) is 28.1. The standard InChI is InChI=1S/C67H86O24/c1-37(72)16-60(78)86-15-14-42-17-48(27-69)64(56(20-42)81-7)90-58-25-46(23-51(77)35-84-30-38(2)73)62(67(83-9)66(58)89-33-41(5)76)61(44-10-13-54(55(24-44)80-6)88-32-40(4)75)52-36-85-34-50(52)19-43-18-49(28-70)65(57(21-43)82-8)91-59(29-71)63(79)45-11-12-53(47(22-45)26-68)87-31-39(3)74/h10-15,17-18,20-22,24-25,37-41,50,52,59,61,68-76H,16,19,23,26-36H2,1-9H3. The fourth-order valence-electron chi connectivity index (χ4n) is 10.4. The smallest absolute Gasteiger partial charge is 0.313 e. The van der Waals surface area contributed by atoms with E-state index in [-0.39, 0.29) is 133 Å². The number of methoxy groups -OCH3 is 4. The van der Waals surface area contributed by atoms with Crippen LogP contribution >= 0.6 is 0 Å². The summed E-state index contributed by atoms with van der Waals surface area (Å²) >= 11 is 0. The molecule has 0 radical (unpaired) electrons. The average Bonchev–Trinajstić information content (AvgIpc) is 1.77. The average molecular weight is 1280 g/mol. The van der Waals surface area contributed by atoms with Crippen LogP contribution in [0.15, 0.2) is 73.0 Å². The predicted octanol–water partition coefficient (Wildman–Crippen LogP) is 5.32. The molecule has 91 heavy (non-hydrogen) atoms. The first kappa shape index (κ1) is 72.5. The van der Waals surface area contributed by atoms with Crippen molar-refractivity contribution in [2.45, 2.75) is 116 Å². The van der Waals surface area contributed by atoms with Crippen LogP contribution < -0.4 is 42.6 Å². The first-order valence-electron chi connectivity index (χ1n) is 29.7. The quantitative estimate of drug-likeness (QED) is 0.0137. The molecule has 9 unspecified atom stereocenters. The highest BCUT2D eigenvalue weighted by molar-refractivity contribution is 6.00. The minimum Gasteiger partial charge on any atom is -0.493 e. The molecule has 5 aromatic rings. The summed E-state index contributed by atoms with van der Waals surface area (Å²) in [6, 6.07) is 17.6. The Bertz CT molecular complexity index is 3170. The second-order valence-corrected chi connectivity index (χ2v) is 22.3. The van der Waals surface area contributed by atoms with Gasteiger partial charge in [0.05, 0.1) is 118 Å². The molecule has 5 aromatic carbocycles. The van der Waals surface area contributed by atoms with E-state index >= 15 is 0 Å². The van der Waals surface area contributed by atoms with Crippen LogP contribution in [0.2, 0.25) is 0 Å². The summed E-state index contributed by atoms with van der Waals surface area (Å²) in [5.41, 5.74) is 3.14. The summed E-state index contributed by atoms with van der Waals surface area (Å²) < 4.78 is 72.3. The summed E-state index contributed by atoms with van der Waals surface area (Å²) in [4.78, 5) is 40.6. The van der Waals surface area contributed by atoms with Crippen LogP contribution in [0, 0.1) is 11.8 Å². The van der Waals surface area contributed by atoms with Gasteiger partial charge in [-0.05, 0) is 142 Å². The number of benzene rings is 5. The number of ether oxygens (including phenoxy) is 12. The Morgan fingerprint density at radius 3 is 1.82 bits per heavy atom. The van der Waals surface area contributed by atoms with Crippen LogP contribution in [0.25, 0.3) is 6.08 Å². The molecule has 0 spiro atoms. The molecule has 24 nitrogen and oxygen atoms in total. The van der Waals surface area contributed by atoms with Gasteiger partial charge in [-0.1, -0.05) is 6.07 Å². The van der Waals surface area contributed by atoms with Crippen LogP contribution in [0.4, 0.5) is 0 Å². The molecule has 6 rings (SSSR count). The van der Waals surface area contributed by atoms with Gasteiger partial charge in [0.2, 0.25) is 11.5 Å². The Morgan fingerprint density at radius 1 is 0.582 bits per heavy atom. The largest absolute Gasteiger partial charge is 0.493 e. The number of carbonyl (C=O) groups excluding carboxylic acids is 3. The maximum absolute atomic E-state index is 14.4. The topological polar surface area (TPSA) is 344 Å². The second kappa shape index (κ2) is 35.3. The van der Waals surface area contributed by atoms with Crippen molar-refractivity contribution in [3.8, 4) is 57.5 Å². The number of esters is 1. The van der Waals surface area contributed by atoms with Crippen molar-refractivity contribution in [1.29, 1.82) is 0 Å². The highest BCUT2D eigenvalue weighted by Gasteiger charge is 2.42. The number of rotatable bonds is 38. The van der Waals surface area contributed by atoms with Gasteiger partial charge in [-0.25, -0.2) is 0 Å². The molecule has 1 fully saturated rings. The zero-order valence-corrected chi connectivity index (χ0v) is 52.7. The summed E-state index contributed by atoms with van der Waals surface area (Å²) in [7, 11) is 5.62. The first-order valence-corrected chi connectivity index (χ1v) is 29.7. The number of aliphatic hydroxyl groups excluding tert-OH is 9. The van der Waals surface area contributed by atoms with Gasteiger partial charge in [-0.3, -0.25) is 14.4 Å². The molecule has 9 atom stereocenters. The zero-order valence-electron chi connectivity index (χ0n) is 52.7. The molecule has 0 saturated carbocycles. The molecular weight excluding hydrogens is 1190 g/mol. The van der Waals surface area contributed by atoms with Gasteiger partial charge in [0.1, 0.15) is 32.2 Å². The van der Waals surface area contributed by atoms with E-state index < -0.39 is 105 Å². The van der Waals surface area contributed by atoms with Gasteiger partial charge in [0.15, 0.2) is 57.9 Å². The maximum Gasteiger partial charge on any atom is 0.313 e. The predicted molar refractivity (Wildman–Crippen MR) is 330 cm³/mol. The molecule has 1 heterocycles. The Hall–Kier alpha value is -7.59. The fourth-order valence-corrected chi connectivity index (χ4v) is 10.4. The number of aliphatic hydroxyl groups is 9. The third-order valence-electron chi connectivity index (χ3n) is 14.5. The van der Waals surface area contributed by atoms with Gasteiger partial charge in [-0.15, -0.1) is 0 Å². The lowest BCUT2D eigenvalue weighted by Crippen LogP contribution is -2.32. The summed E-state index contributed by atoms with van der Waals surface area (Å²) in [6.45, 7) is 4.42. The van der Waals surface area contributed by atoms with Crippen molar-refractivity contribution in [3.63, 3.8) is 0 Å². The molecule has 1 aliphatic rings. The summed E-state index contributed by atoms with van der Waals surface area (Å²) in [6.07, 6.45) is -3.73. The highest BCUT2D eigenvalue weighted by atomic mass is 16.6. The molecular formula is C67H86O24. The molecule has 1 aliphatic heterocycles. The van der Waals surface area contributed by atoms with Gasteiger partial charge >= 0.3 is 5.97 Å². The van der Waals surface area contributed by atoms with Crippen molar-refractivity contribution in [2.24, 2.45) is 11.8 Å². The van der Waals surface area contributed by atoms with Crippen LogP contribution in [-0.2, 0) is 56.5 Å². The summed E-state index contributed by atoms with van der Waals surface area (Å²) in [5.74, 6) is -2.48. The lowest BCUT2D eigenvalue weighted by atomic mass is 9.72. The Morgan fingerprint density at radius 2 is 1.21 bits per heavy atom. The van der Waals surface area contributed by atoms with E-state index in [1.165, 1.54) is 80.4 Å². The van der Waals surface area contributed by atoms with Crippen LogP contribution in [-0.4, -0.2) is 181 Å². The zero-order chi connectivity index (χ0) is 66.5. The van der Waals surface area contributed by atoms with Crippen LogP contribution in [0.3, 0.4) is 0 Å². The summed E-state index contributed by atoms with van der Waals surface area (Å²) in [5, 5.41) is 93.1. The van der Waals surface area contributed by atoms with Crippen LogP contribution in [0.1, 0.15) is 102 Å². The molecule has 24 heteroatoms. The van der Waals surface area contributed by atoms with E-state index in [4.69, 9.17) is 56.8 Å². The third kappa shape index (κ3) is 20.0. The third-order valence-corrected chi connectivity index (χ3v) is 14.5. The number of hydrogen-bond donors (Lipinski definition) is 9. The minimum absolute atomic E-state index is 0.0101. The first-order chi connectivity index (χ1) is 43.6. The van der Waals surface area contributed by atoms with E-state index in [9.17, 15) is 60.3 Å². The van der Waals surface area contributed by atoms with Crippen LogP contribution in [0.5, 0.6) is 57.5 Å². The lowest BCUT2D eigenvalue weighted by Gasteiger charge is -2.33. The number of hydrogen-bond acceptors (Lipinski definition) is 24. The van der Waals surface area contributed by atoms with Gasteiger partial charge in [-0.2, -0.15) is 0 Å². The van der Waals surface area contributed by atoms with Crippen molar-refractivity contribution in [2.75, 3.05) is 81.3 Å². The Balaban J connectivity index is 1.54. The SMILES string of the molecule is COc1cc(C(c2c(CC(=O)COCC(C)O)cc(Oc3c(CO)cc(C=COC(=O)CC(C)O)cc3OC)c(OCC(C)O)c2OC)C2COCC2Cc2cc(CO)c(OC(CO)C(=O)c3ccc(OCC(C)O)c(CO)c3)c(OC)c2)ccc1OCC(C)O. The number of carbonyl (C=O) groups is 3. The van der Waals surface area contributed by atoms with Crippen molar-refractivity contribution in [1.82, 2.24) is 0 Å². The number of ketones is 2. The molecule has 498 valence electrons. The van der Waals surface area contributed by atoms with E-state index in [0.29, 0.717) is 33.6 Å². The van der Waals surface area contributed by atoms with Gasteiger partial charge in [0, 0.05) is 40.2 Å². The fraction of sp³-hybridized carbons (Fsp3) is 0.478. The molecule has 1 saturated heterocycles. The van der Waals surface area contributed by atoms with Crippen molar-refractivity contribution < 1.29 is 117 Å². The normalized spacial score (nSPS) is 16.2. The minimum atomic E-state index is -1.50. The maximum atomic E-state index is 14.4. The van der Waals surface area contributed by atoms with Gasteiger partial charge < -0.3 is 103 Å². The second-order valence-electron chi connectivity index (χ2n) is 22.3. The molecule has 0 bridgehead atoms. The van der Waals surface area contributed by atoms with E-state index in [1.807, 2.05) is 6.07 Å². The monoisotopic (exact) mass is 1270 g/mol. The van der Waals surface area contributed by atoms with E-state index in [2.05, 4.69) is 0 Å². The lowest BCUT2D eigenvalue weighted by molar-refractivity contribution is -0.139. The van der Waals surface area contributed by atoms with E-state index in [0.717, 1.165) is 6.26 Å². The Labute approximate surface area is 528 Å². The number of Topliss-reactive ketones (excluding diaryl/α,β-unsaturated/α-hetero) is 2. The van der Waals surface area contributed by atoms with Crippen molar-refractivity contribution in [3.05, 3.63) is 123 Å². The molecule has 0 aromatic heterocycles. The molecule has 9 N–H and O–H groups in total. The van der Waals surface area contributed by atoms with E-state index in [1.54, 1.807) is 49.4 Å². The van der Waals surface area contributed by atoms with Gasteiger partial charge in [0.25, 0.3) is 0 Å². The highest BCUT2D eigenvalue weighted by Crippen LogP contribution is 2.54. The molecule has 0 amide bonds. The molecule has 0 aliphatic carbocycles. The van der Waals surface area contributed by atoms with Crippen molar-refractivity contribution >= 4 is 23.6 Å².